The van der Waals surface area contributed by atoms with Crippen molar-refractivity contribution < 1.29 is 4.74 Å². The van der Waals surface area contributed by atoms with Gasteiger partial charge in [0.05, 0.1) is 13.3 Å². The van der Waals surface area contributed by atoms with Crippen molar-refractivity contribution >= 4 is 17.6 Å². The zero-order valence-electron chi connectivity index (χ0n) is 11.3. The van der Waals surface area contributed by atoms with Gasteiger partial charge in [-0.25, -0.2) is 9.97 Å². The topological polar surface area (TPSA) is 70.8 Å². The number of hydrogen-bond donors (Lipinski definition) is 1. The predicted octanol–water partition coefficient (Wildman–Crippen LogP) is 2.69. The lowest BCUT2D eigenvalue weighted by Crippen LogP contribution is -2.05. The minimum absolute atomic E-state index is 0.441. The third kappa shape index (κ3) is 3.39. The number of aromatic nitrogens is 2. The van der Waals surface area contributed by atoms with Crippen LogP contribution in [0.1, 0.15) is 11.1 Å². The molecule has 0 spiro atoms. The quantitative estimate of drug-likeness (QED) is 0.673. The minimum atomic E-state index is 0.441. The molecule has 20 heavy (non-hydrogen) atoms. The Kier molecular flexibility index (Phi) is 4.80. The van der Waals surface area contributed by atoms with E-state index in [2.05, 4.69) is 21.4 Å². The van der Waals surface area contributed by atoms with Gasteiger partial charge in [-0.1, -0.05) is 23.9 Å². The monoisotopic (exact) mass is 286 g/mol. The number of benzene rings is 1. The van der Waals surface area contributed by atoms with E-state index in [1.807, 2.05) is 30.5 Å². The van der Waals surface area contributed by atoms with Gasteiger partial charge >= 0.3 is 0 Å². The first-order chi connectivity index (χ1) is 9.76. The normalized spacial score (nSPS) is 9.85. The van der Waals surface area contributed by atoms with Crippen molar-refractivity contribution in [3.05, 3.63) is 41.6 Å². The van der Waals surface area contributed by atoms with Gasteiger partial charge in [0, 0.05) is 6.54 Å². The van der Waals surface area contributed by atoms with Crippen LogP contribution in [-0.2, 0) is 6.54 Å². The number of methoxy groups -OCH3 is 1. The van der Waals surface area contributed by atoms with Crippen molar-refractivity contribution in [2.24, 2.45) is 0 Å². The lowest BCUT2D eigenvalue weighted by molar-refractivity contribution is 0.414. The highest BCUT2D eigenvalue weighted by atomic mass is 32.2. The molecule has 0 fully saturated rings. The molecule has 0 amide bonds. The van der Waals surface area contributed by atoms with E-state index in [1.54, 1.807) is 7.11 Å². The molecular weight excluding hydrogens is 272 g/mol. The molecule has 2 aromatic rings. The summed E-state index contributed by atoms with van der Waals surface area (Å²) in [5.41, 5.74) is 1.52. The molecule has 0 saturated carbocycles. The third-order valence-electron chi connectivity index (χ3n) is 2.69. The summed E-state index contributed by atoms with van der Waals surface area (Å²) < 4.78 is 5.11. The zero-order valence-corrected chi connectivity index (χ0v) is 12.1. The van der Waals surface area contributed by atoms with E-state index in [-0.39, 0.29) is 0 Å². The lowest BCUT2D eigenvalue weighted by Gasteiger charge is -2.08. The highest BCUT2D eigenvalue weighted by Gasteiger charge is 2.06. The SMILES string of the molecule is COc1ccc(CNc2nc(SC)ncc2C#N)cc1. The Morgan fingerprint density at radius 3 is 2.70 bits per heavy atom. The number of anilines is 1. The molecule has 0 radical (unpaired) electrons. The molecule has 0 aliphatic heterocycles. The summed E-state index contributed by atoms with van der Waals surface area (Å²) >= 11 is 1.44. The van der Waals surface area contributed by atoms with Crippen molar-refractivity contribution in [3.8, 4) is 11.8 Å². The highest BCUT2D eigenvalue weighted by molar-refractivity contribution is 7.98. The molecular formula is C14H14N4OS. The number of nitrogens with zero attached hydrogens (tertiary/aromatic N) is 3. The maximum atomic E-state index is 9.05. The molecule has 1 aromatic heterocycles. The van der Waals surface area contributed by atoms with Gasteiger partial charge < -0.3 is 10.1 Å². The highest BCUT2D eigenvalue weighted by Crippen LogP contribution is 2.17. The van der Waals surface area contributed by atoms with E-state index < -0.39 is 0 Å². The van der Waals surface area contributed by atoms with Gasteiger partial charge in [0.15, 0.2) is 5.16 Å². The fourth-order valence-corrected chi connectivity index (χ4v) is 1.95. The van der Waals surface area contributed by atoms with Crippen LogP contribution in [-0.4, -0.2) is 23.3 Å². The molecule has 0 aliphatic rings. The summed E-state index contributed by atoms with van der Waals surface area (Å²) in [5.74, 6) is 1.38. The Bertz CT molecular complexity index is 622. The fraction of sp³-hybridized carbons (Fsp3) is 0.214. The second-order valence-electron chi connectivity index (χ2n) is 3.93. The van der Waals surface area contributed by atoms with Gasteiger partial charge in [-0.3, -0.25) is 0 Å². The summed E-state index contributed by atoms with van der Waals surface area (Å²) in [5, 5.41) is 12.9. The Labute approximate surface area is 122 Å². The van der Waals surface area contributed by atoms with Gasteiger partial charge in [0.25, 0.3) is 0 Å². The fourth-order valence-electron chi connectivity index (χ4n) is 1.61. The van der Waals surface area contributed by atoms with Crippen LogP contribution in [0.15, 0.2) is 35.6 Å². The number of ether oxygens (including phenoxy) is 1. The van der Waals surface area contributed by atoms with E-state index in [4.69, 9.17) is 10.00 Å². The molecule has 0 saturated heterocycles. The van der Waals surface area contributed by atoms with Crippen LogP contribution in [0.5, 0.6) is 5.75 Å². The first-order valence-electron chi connectivity index (χ1n) is 5.94. The lowest BCUT2D eigenvalue weighted by atomic mass is 10.2. The van der Waals surface area contributed by atoms with E-state index >= 15 is 0 Å². The Balaban J connectivity index is 2.11. The average molecular weight is 286 g/mol. The summed E-state index contributed by atoms with van der Waals surface area (Å²) in [7, 11) is 1.64. The Morgan fingerprint density at radius 1 is 1.35 bits per heavy atom. The first-order valence-corrected chi connectivity index (χ1v) is 7.17. The summed E-state index contributed by atoms with van der Waals surface area (Å²) in [6, 6.07) is 9.81. The molecule has 0 atom stereocenters. The summed E-state index contributed by atoms with van der Waals surface area (Å²) in [6.45, 7) is 0.587. The van der Waals surface area contributed by atoms with Gasteiger partial charge in [0.2, 0.25) is 0 Å². The third-order valence-corrected chi connectivity index (χ3v) is 3.25. The molecule has 0 unspecified atom stereocenters. The number of hydrogen-bond acceptors (Lipinski definition) is 6. The smallest absolute Gasteiger partial charge is 0.189 e. The van der Waals surface area contributed by atoms with E-state index in [0.717, 1.165) is 11.3 Å². The van der Waals surface area contributed by atoms with E-state index in [0.29, 0.717) is 23.1 Å². The first kappa shape index (κ1) is 14.2. The zero-order chi connectivity index (χ0) is 14.4. The maximum Gasteiger partial charge on any atom is 0.189 e. The molecule has 6 heteroatoms. The van der Waals surface area contributed by atoms with Gasteiger partial charge in [-0.2, -0.15) is 5.26 Å². The van der Waals surface area contributed by atoms with Crippen LogP contribution < -0.4 is 10.1 Å². The number of thioether (sulfide) groups is 1. The standard InChI is InChI=1S/C14H14N4OS/c1-19-12-5-3-10(4-6-12)8-16-13-11(7-15)9-17-14(18-13)20-2/h3-6,9H,8H2,1-2H3,(H,16,17,18). The van der Waals surface area contributed by atoms with Crippen LogP contribution in [0.4, 0.5) is 5.82 Å². The molecule has 1 heterocycles. The van der Waals surface area contributed by atoms with Crippen LogP contribution in [0.25, 0.3) is 0 Å². The van der Waals surface area contributed by atoms with Crippen LogP contribution in [0, 0.1) is 11.3 Å². The molecule has 0 bridgehead atoms. The molecule has 0 aliphatic carbocycles. The Hall–Kier alpha value is -2.26. The van der Waals surface area contributed by atoms with Gasteiger partial charge in [-0.15, -0.1) is 0 Å². The average Bonchev–Trinajstić information content (AvgIpc) is 2.53. The minimum Gasteiger partial charge on any atom is -0.497 e. The van der Waals surface area contributed by atoms with Crippen LogP contribution >= 0.6 is 11.8 Å². The number of nitriles is 1. The van der Waals surface area contributed by atoms with Crippen LogP contribution in [0.3, 0.4) is 0 Å². The van der Waals surface area contributed by atoms with Crippen molar-refractivity contribution in [3.63, 3.8) is 0 Å². The maximum absolute atomic E-state index is 9.05. The van der Waals surface area contributed by atoms with Crippen LogP contribution in [0.2, 0.25) is 0 Å². The van der Waals surface area contributed by atoms with Gasteiger partial charge in [0.1, 0.15) is 23.2 Å². The number of nitrogens with one attached hydrogen (secondary N) is 1. The van der Waals surface area contributed by atoms with Crippen molar-refractivity contribution in [1.82, 2.24) is 9.97 Å². The number of rotatable bonds is 5. The largest absolute Gasteiger partial charge is 0.497 e. The van der Waals surface area contributed by atoms with E-state index in [9.17, 15) is 0 Å². The predicted molar refractivity (Wildman–Crippen MR) is 78.8 cm³/mol. The molecule has 1 aromatic carbocycles. The van der Waals surface area contributed by atoms with Crippen molar-refractivity contribution in [2.45, 2.75) is 11.7 Å². The molecule has 102 valence electrons. The molecule has 5 nitrogen and oxygen atoms in total. The molecule has 2 rings (SSSR count). The summed E-state index contributed by atoms with van der Waals surface area (Å²) in [4.78, 5) is 8.38. The van der Waals surface area contributed by atoms with E-state index in [1.165, 1.54) is 18.0 Å². The second kappa shape index (κ2) is 6.78. The van der Waals surface area contributed by atoms with Crippen molar-refractivity contribution in [2.75, 3.05) is 18.7 Å². The summed E-state index contributed by atoms with van der Waals surface area (Å²) in [6.07, 6.45) is 3.43. The molecule has 1 N–H and O–H groups in total. The Morgan fingerprint density at radius 2 is 2.10 bits per heavy atom. The van der Waals surface area contributed by atoms with Gasteiger partial charge in [-0.05, 0) is 24.0 Å². The van der Waals surface area contributed by atoms with Crippen molar-refractivity contribution in [1.29, 1.82) is 5.26 Å². The second-order valence-corrected chi connectivity index (χ2v) is 4.71.